The molecule has 154 valence electrons. The number of hydrogen-bond donors (Lipinski definition) is 3. The van der Waals surface area contributed by atoms with E-state index in [1.807, 2.05) is 6.92 Å². The zero-order valence-corrected chi connectivity index (χ0v) is 17.3. The number of aromatic amines is 1. The number of aryl methyl sites for hydroxylation is 1. The molecule has 0 aliphatic heterocycles. The van der Waals surface area contributed by atoms with Crippen molar-refractivity contribution in [3.63, 3.8) is 0 Å². The number of nitrogens with zero attached hydrogens (tertiary/aromatic N) is 1. The van der Waals surface area contributed by atoms with Crippen molar-refractivity contribution in [2.75, 3.05) is 11.1 Å². The van der Waals surface area contributed by atoms with E-state index in [0.717, 1.165) is 43.9 Å². The lowest BCUT2D eigenvalue weighted by molar-refractivity contribution is -0.113. The molecule has 0 radical (unpaired) electrons. The molecule has 1 aromatic heterocycles. The summed E-state index contributed by atoms with van der Waals surface area (Å²) < 4.78 is 0. The van der Waals surface area contributed by atoms with Gasteiger partial charge in [0.1, 0.15) is 0 Å². The van der Waals surface area contributed by atoms with Crippen LogP contribution in [0, 0.1) is 0 Å². The van der Waals surface area contributed by atoms with Gasteiger partial charge in [-0.15, -0.1) is 0 Å². The quantitative estimate of drug-likeness (QED) is 0.455. The SMILES string of the molecule is CCCc1cc(=O)[nH]c(SCC(=O)Nc2ccccc2C(=O)NC2CCCC2)n1. The predicted molar refractivity (Wildman–Crippen MR) is 114 cm³/mol. The van der Waals surface area contributed by atoms with E-state index in [4.69, 9.17) is 0 Å². The summed E-state index contributed by atoms with van der Waals surface area (Å²) in [7, 11) is 0. The molecule has 1 heterocycles. The van der Waals surface area contributed by atoms with E-state index >= 15 is 0 Å². The molecule has 29 heavy (non-hydrogen) atoms. The standard InChI is InChI=1S/C21H26N4O3S/c1-2-7-15-12-18(26)25-21(23-15)29-13-19(27)24-17-11-6-5-10-16(17)20(28)22-14-8-3-4-9-14/h5-6,10-12,14H,2-4,7-9,13H2,1H3,(H,22,28)(H,24,27)(H,23,25,26). The van der Waals surface area contributed by atoms with Crippen molar-refractivity contribution in [1.82, 2.24) is 15.3 Å². The maximum absolute atomic E-state index is 12.6. The Kier molecular flexibility index (Phi) is 7.46. The van der Waals surface area contributed by atoms with Crippen LogP contribution in [0.2, 0.25) is 0 Å². The normalized spacial score (nSPS) is 14.0. The Morgan fingerprint density at radius 2 is 2.00 bits per heavy atom. The van der Waals surface area contributed by atoms with Crippen molar-refractivity contribution < 1.29 is 9.59 Å². The van der Waals surface area contributed by atoms with Gasteiger partial charge < -0.3 is 15.6 Å². The second-order valence-corrected chi connectivity index (χ2v) is 8.09. The number of benzene rings is 1. The number of aromatic nitrogens is 2. The third-order valence-electron chi connectivity index (χ3n) is 4.76. The van der Waals surface area contributed by atoms with Gasteiger partial charge in [0, 0.05) is 17.8 Å². The molecule has 1 aliphatic rings. The van der Waals surface area contributed by atoms with Gasteiger partial charge >= 0.3 is 0 Å². The summed E-state index contributed by atoms with van der Waals surface area (Å²) in [5, 5.41) is 6.27. The minimum Gasteiger partial charge on any atom is -0.349 e. The lowest BCUT2D eigenvalue weighted by atomic mass is 10.1. The number of nitrogens with one attached hydrogen (secondary N) is 3. The predicted octanol–water partition coefficient (Wildman–Crippen LogP) is 3.13. The highest BCUT2D eigenvalue weighted by atomic mass is 32.2. The Labute approximate surface area is 174 Å². The highest BCUT2D eigenvalue weighted by Crippen LogP contribution is 2.21. The number of rotatable bonds is 8. The van der Waals surface area contributed by atoms with Crippen molar-refractivity contribution in [3.05, 3.63) is 51.9 Å². The lowest BCUT2D eigenvalue weighted by Gasteiger charge is -2.15. The van der Waals surface area contributed by atoms with Gasteiger partial charge in [0.2, 0.25) is 5.91 Å². The first-order chi connectivity index (χ1) is 14.0. The second kappa shape index (κ2) is 10.2. The van der Waals surface area contributed by atoms with Gasteiger partial charge in [0.05, 0.1) is 17.0 Å². The Hall–Kier alpha value is -2.61. The van der Waals surface area contributed by atoms with E-state index < -0.39 is 0 Å². The molecular formula is C21H26N4O3S. The van der Waals surface area contributed by atoms with Crippen LogP contribution in [0.5, 0.6) is 0 Å². The number of carbonyl (C=O) groups is 2. The van der Waals surface area contributed by atoms with Crippen molar-refractivity contribution in [3.8, 4) is 0 Å². The van der Waals surface area contributed by atoms with Crippen LogP contribution in [0.3, 0.4) is 0 Å². The highest BCUT2D eigenvalue weighted by molar-refractivity contribution is 7.99. The molecule has 1 aliphatic carbocycles. The molecule has 3 N–H and O–H groups in total. The Bertz CT molecular complexity index is 922. The minimum atomic E-state index is -0.264. The minimum absolute atomic E-state index is 0.0805. The molecule has 3 rings (SSSR count). The van der Waals surface area contributed by atoms with E-state index in [-0.39, 0.29) is 29.2 Å². The van der Waals surface area contributed by atoms with Gasteiger partial charge in [-0.2, -0.15) is 0 Å². The number of hydrogen-bond acceptors (Lipinski definition) is 5. The average molecular weight is 415 g/mol. The van der Waals surface area contributed by atoms with Gasteiger partial charge in [0.15, 0.2) is 5.16 Å². The molecule has 1 aromatic carbocycles. The number of anilines is 1. The van der Waals surface area contributed by atoms with Crippen LogP contribution in [-0.2, 0) is 11.2 Å². The number of para-hydroxylation sites is 1. The van der Waals surface area contributed by atoms with E-state index in [1.165, 1.54) is 6.07 Å². The fraction of sp³-hybridized carbons (Fsp3) is 0.429. The van der Waals surface area contributed by atoms with Crippen LogP contribution in [0.1, 0.15) is 55.1 Å². The number of thioether (sulfide) groups is 1. The van der Waals surface area contributed by atoms with E-state index in [2.05, 4.69) is 20.6 Å². The summed E-state index contributed by atoms with van der Waals surface area (Å²) in [5.74, 6) is -0.352. The van der Waals surface area contributed by atoms with Gasteiger partial charge in [-0.1, -0.05) is 50.1 Å². The smallest absolute Gasteiger partial charge is 0.253 e. The lowest BCUT2D eigenvalue weighted by Crippen LogP contribution is -2.33. The Morgan fingerprint density at radius 1 is 1.24 bits per heavy atom. The largest absolute Gasteiger partial charge is 0.349 e. The Balaban J connectivity index is 1.61. The third-order valence-corrected chi connectivity index (χ3v) is 5.63. The second-order valence-electron chi connectivity index (χ2n) is 7.13. The van der Waals surface area contributed by atoms with Gasteiger partial charge in [-0.05, 0) is 31.4 Å². The first-order valence-corrected chi connectivity index (χ1v) is 11.0. The monoisotopic (exact) mass is 414 g/mol. The maximum Gasteiger partial charge on any atom is 0.253 e. The van der Waals surface area contributed by atoms with E-state index in [9.17, 15) is 14.4 Å². The summed E-state index contributed by atoms with van der Waals surface area (Å²) in [6, 6.07) is 8.67. The van der Waals surface area contributed by atoms with Crippen molar-refractivity contribution >= 4 is 29.3 Å². The fourth-order valence-electron chi connectivity index (χ4n) is 3.38. The number of H-pyrrole nitrogens is 1. The highest BCUT2D eigenvalue weighted by Gasteiger charge is 2.20. The molecular weight excluding hydrogens is 388 g/mol. The van der Waals surface area contributed by atoms with Crippen LogP contribution in [-0.4, -0.2) is 33.6 Å². The molecule has 7 nitrogen and oxygen atoms in total. The summed E-state index contributed by atoms with van der Waals surface area (Å²) in [5.41, 5.74) is 1.43. The van der Waals surface area contributed by atoms with Gasteiger partial charge in [-0.25, -0.2) is 4.98 Å². The van der Waals surface area contributed by atoms with Gasteiger partial charge in [0.25, 0.3) is 11.5 Å². The number of amides is 2. The first kappa shape index (κ1) is 21.1. The van der Waals surface area contributed by atoms with E-state index in [0.29, 0.717) is 28.5 Å². The molecule has 0 atom stereocenters. The summed E-state index contributed by atoms with van der Waals surface area (Å²) in [4.78, 5) is 43.8. The summed E-state index contributed by atoms with van der Waals surface area (Å²) in [6.45, 7) is 2.02. The van der Waals surface area contributed by atoms with Crippen LogP contribution in [0.25, 0.3) is 0 Å². The zero-order chi connectivity index (χ0) is 20.6. The number of carbonyl (C=O) groups excluding carboxylic acids is 2. The molecule has 2 aromatic rings. The molecule has 0 unspecified atom stereocenters. The molecule has 8 heteroatoms. The van der Waals surface area contributed by atoms with Gasteiger partial charge in [-0.3, -0.25) is 14.4 Å². The molecule has 2 amide bonds. The molecule has 0 bridgehead atoms. The van der Waals surface area contributed by atoms with Crippen molar-refractivity contribution in [1.29, 1.82) is 0 Å². The van der Waals surface area contributed by atoms with Crippen LogP contribution >= 0.6 is 11.8 Å². The average Bonchev–Trinajstić information content (AvgIpc) is 3.20. The molecule has 0 saturated heterocycles. The summed E-state index contributed by atoms with van der Waals surface area (Å²) in [6.07, 6.45) is 5.87. The fourth-order valence-corrected chi connectivity index (χ4v) is 4.07. The third kappa shape index (κ3) is 6.19. The van der Waals surface area contributed by atoms with Crippen LogP contribution in [0.15, 0.2) is 40.3 Å². The zero-order valence-electron chi connectivity index (χ0n) is 16.5. The maximum atomic E-state index is 12.6. The summed E-state index contributed by atoms with van der Waals surface area (Å²) >= 11 is 1.16. The molecule has 1 saturated carbocycles. The first-order valence-electron chi connectivity index (χ1n) is 9.98. The molecule has 1 fully saturated rings. The van der Waals surface area contributed by atoms with Crippen molar-refractivity contribution in [2.45, 2.75) is 56.6 Å². The van der Waals surface area contributed by atoms with Crippen LogP contribution in [0.4, 0.5) is 5.69 Å². The molecule has 0 spiro atoms. The van der Waals surface area contributed by atoms with Crippen molar-refractivity contribution in [2.24, 2.45) is 0 Å². The Morgan fingerprint density at radius 3 is 2.76 bits per heavy atom. The van der Waals surface area contributed by atoms with E-state index in [1.54, 1.807) is 24.3 Å². The topological polar surface area (TPSA) is 104 Å². The van der Waals surface area contributed by atoms with Crippen LogP contribution < -0.4 is 16.2 Å².